The van der Waals surface area contributed by atoms with Gasteiger partial charge in [0, 0.05) is 0 Å². The number of hydrazone groups is 1. The number of anilines is 1. The van der Waals surface area contributed by atoms with Gasteiger partial charge in [0.15, 0.2) is 11.5 Å². The maximum Gasteiger partial charge on any atom is 0.260 e. The highest BCUT2D eigenvalue weighted by Crippen LogP contribution is 2.28. The standard InChI is InChI=1S/C21H25N3O5S/c1-4-13-29-19-12-11-17(14-20(19)28-5-2)15-22-23-21(25)16-24(30(3,26)27)18-9-7-6-8-10-18/h4,6-12,14-15H,1,5,13,16H2,2-3H3,(H,23,25)/b22-15-. The number of benzene rings is 2. The van der Waals surface area contributed by atoms with Crippen LogP contribution in [-0.2, 0) is 14.8 Å². The second-order valence-electron chi connectivity index (χ2n) is 6.14. The molecule has 0 saturated carbocycles. The third-order valence-electron chi connectivity index (χ3n) is 3.76. The predicted octanol–water partition coefficient (Wildman–Crippen LogP) is 2.57. The Morgan fingerprint density at radius 2 is 1.90 bits per heavy atom. The maximum absolute atomic E-state index is 12.2. The molecule has 0 saturated heterocycles. The highest BCUT2D eigenvalue weighted by Gasteiger charge is 2.20. The number of para-hydroxylation sites is 1. The summed E-state index contributed by atoms with van der Waals surface area (Å²) in [6.45, 7) is 5.89. The first-order valence-corrected chi connectivity index (χ1v) is 11.0. The molecule has 0 aliphatic carbocycles. The van der Waals surface area contributed by atoms with Crippen molar-refractivity contribution in [3.63, 3.8) is 0 Å². The zero-order valence-electron chi connectivity index (χ0n) is 16.9. The number of carbonyl (C=O) groups excluding carboxylic acids is 1. The smallest absolute Gasteiger partial charge is 0.260 e. The topological polar surface area (TPSA) is 97.3 Å². The molecule has 2 rings (SSSR count). The maximum atomic E-state index is 12.2. The fourth-order valence-corrected chi connectivity index (χ4v) is 3.34. The molecule has 160 valence electrons. The van der Waals surface area contributed by atoms with Crippen LogP contribution in [0.3, 0.4) is 0 Å². The van der Waals surface area contributed by atoms with Crippen LogP contribution in [0, 0.1) is 0 Å². The predicted molar refractivity (Wildman–Crippen MR) is 118 cm³/mol. The number of amides is 1. The highest BCUT2D eigenvalue weighted by atomic mass is 32.2. The van der Waals surface area contributed by atoms with E-state index in [0.29, 0.717) is 36.0 Å². The molecule has 0 radical (unpaired) electrons. The van der Waals surface area contributed by atoms with Crippen molar-refractivity contribution in [1.82, 2.24) is 5.43 Å². The van der Waals surface area contributed by atoms with Crippen LogP contribution in [0.1, 0.15) is 12.5 Å². The summed E-state index contributed by atoms with van der Waals surface area (Å²) < 4.78 is 36.2. The fourth-order valence-electron chi connectivity index (χ4n) is 2.48. The molecule has 8 nitrogen and oxygen atoms in total. The van der Waals surface area contributed by atoms with Crippen molar-refractivity contribution in [2.45, 2.75) is 6.92 Å². The molecule has 2 aromatic rings. The summed E-state index contributed by atoms with van der Waals surface area (Å²) in [5, 5.41) is 3.90. The van der Waals surface area contributed by atoms with Gasteiger partial charge in [-0.25, -0.2) is 13.8 Å². The molecular formula is C21H25N3O5S. The number of sulfonamides is 1. The van der Waals surface area contributed by atoms with Crippen LogP contribution >= 0.6 is 0 Å². The first kappa shape index (κ1) is 23.0. The van der Waals surface area contributed by atoms with Crippen molar-refractivity contribution >= 4 is 27.8 Å². The van der Waals surface area contributed by atoms with Gasteiger partial charge in [-0.2, -0.15) is 5.10 Å². The number of hydrogen-bond acceptors (Lipinski definition) is 6. The average Bonchev–Trinajstić information content (AvgIpc) is 2.71. The minimum atomic E-state index is -3.63. The minimum absolute atomic E-state index is 0.349. The van der Waals surface area contributed by atoms with Gasteiger partial charge in [-0.1, -0.05) is 30.9 Å². The van der Waals surface area contributed by atoms with Gasteiger partial charge in [-0.15, -0.1) is 0 Å². The van der Waals surface area contributed by atoms with Crippen molar-refractivity contribution in [2.24, 2.45) is 5.10 Å². The van der Waals surface area contributed by atoms with Gasteiger partial charge in [-0.3, -0.25) is 9.10 Å². The van der Waals surface area contributed by atoms with E-state index in [2.05, 4.69) is 17.1 Å². The van der Waals surface area contributed by atoms with Gasteiger partial charge in [0.25, 0.3) is 5.91 Å². The first-order valence-electron chi connectivity index (χ1n) is 9.20. The molecule has 30 heavy (non-hydrogen) atoms. The van der Waals surface area contributed by atoms with Crippen molar-refractivity contribution in [2.75, 3.05) is 30.3 Å². The number of nitrogens with zero attached hydrogens (tertiary/aromatic N) is 2. The van der Waals surface area contributed by atoms with E-state index in [4.69, 9.17) is 9.47 Å². The lowest BCUT2D eigenvalue weighted by Crippen LogP contribution is -2.38. The second-order valence-corrected chi connectivity index (χ2v) is 8.04. The van der Waals surface area contributed by atoms with Crippen LogP contribution in [0.15, 0.2) is 66.3 Å². The third-order valence-corrected chi connectivity index (χ3v) is 4.90. The number of rotatable bonds is 11. The van der Waals surface area contributed by atoms with E-state index in [0.717, 1.165) is 10.6 Å². The van der Waals surface area contributed by atoms with Crippen molar-refractivity contribution < 1.29 is 22.7 Å². The molecule has 0 aliphatic rings. The molecule has 9 heteroatoms. The molecule has 1 amide bonds. The van der Waals surface area contributed by atoms with E-state index < -0.39 is 22.5 Å². The molecule has 0 fully saturated rings. The Hall–Kier alpha value is -3.33. The van der Waals surface area contributed by atoms with Gasteiger partial charge in [0.1, 0.15) is 13.2 Å². The van der Waals surface area contributed by atoms with Gasteiger partial charge in [-0.05, 0) is 42.8 Å². The summed E-state index contributed by atoms with van der Waals surface area (Å²) in [7, 11) is -3.63. The molecule has 0 spiro atoms. The largest absolute Gasteiger partial charge is 0.490 e. The van der Waals surface area contributed by atoms with E-state index in [1.54, 1.807) is 54.6 Å². The molecule has 1 N–H and O–H groups in total. The average molecular weight is 432 g/mol. The molecule has 0 bridgehead atoms. The molecular weight excluding hydrogens is 406 g/mol. The third kappa shape index (κ3) is 6.93. The Labute approximate surface area is 176 Å². The Morgan fingerprint density at radius 3 is 2.53 bits per heavy atom. The van der Waals surface area contributed by atoms with Crippen LogP contribution in [0.25, 0.3) is 0 Å². The number of ether oxygens (including phenoxy) is 2. The fraction of sp³-hybridized carbons (Fsp3) is 0.238. The van der Waals surface area contributed by atoms with E-state index >= 15 is 0 Å². The zero-order valence-corrected chi connectivity index (χ0v) is 17.8. The van der Waals surface area contributed by atoms with Crippen molar-refractivity contribution in [3.05, 3.63) is 66.7 Å². The van der Waals surface area contributed by atoms with E-state index in [1.807, 2.05) is 6.92 Å². The normalized spacial score (nSPS) is 11.1. The molecule has 0 aliphatic heterocycles. The highest BCUT2D eigenvalue weighted by molar-refractivity contribution is 7.92. The van der Waals surface area contributed by atoms with Gasteiger partial charge < -0.3 is 9.47 Å². The number of nitrogens with one attached hydrogen (secondary N) is 1. The lowest BCUT2D eigenvalue weighted by atomic mass is 10.2. The summed E-state index contributed by atoms with van der Waals surface area (Å²) in [6.07, 6.45) is 4.11. The second kappa shape index (κ2) is 11.0. The number of hydrogen-bond donors (Lipinski definition) is 1. The number of carbonyl (C=O) groups is 1. The molecule has 0 aromatic heterocycles. The van der Waals surface area contributed by atoms with E-state index in [1.165, 1.54) is 6.21 Å². The lowest BCUT2D eigenvalue weighted by molar-refractivity contribution is -0.119. The van der Waals surface area contributed by atoms with Gasteiger partial charge >= 0.3 is 0 Å². The Balaban J connectivity index is 2.05. The van der Waals surface area contributed by atoms with E-state index in [9.17, 15) is 13.2 Å². The van der Waals surface area contributed by atoms with Crippen LogP contribution in [0.5, 0.6) is 11.5 Å². The quantitative estimate of drug-likeness (QED) is 0.335. The molecule has 0 atom stereocenters. The zero-order chi connectivity index (χ0) is 22.0. The SMILES string of the molecule is C=CCOc1ccc(/C=N\NC(=O)CN(c2ccccc2)S(C)(=O)=O)cc1OCC. The Bertz CT molecular complexity index is 991. The van der Waals surface area contributed by atoms with Crippen LogP contribution < -0.4 is 19.2 Å². The minimum Gasteiger partial charge on any atom is -0.490 e. The first-order chi connectivity index (χ1) is 14.3. The van der Waals surface area contributed by atoms with Crippen molar-refractivity contribution in [1.29, 1.82) is 0 Å². The Kier molecular flexibility index (Phi) is 8.42. The summed E-state index contributed by atoms with van der Waals surface area (Å²) in [5.41, 5.74) is 3.42. The lowest BCUT2D eigenvalue weighted by Gasteiger charge is -2.21. The Morgan fingerprint density at radius 1 is 1.17 bits per heavy atom. The van der Waals surface area contributed by atoms with Gasteiger partial charge in [0.2, 0.25) is 10.0 Å². The molecule has 0 heterocycles. The van der Waals surface area contributed by atoms with Gasteiger partial charge in [0.05, 0.1) is 24.8 Å². The van der Waals surface area contributed by atoms with Crippen molar-refractivity contribution in [3.8, 4) is 11.5 Å². The molecule has 2 aromatic carbocycles. The summed E-state index contributed by atoms with van der Waals surface area (Å²) in [4.78, 5) is 12.2. The summed E-state index contributed by atoms with van der Waals surface area (Å²) in [6, 6.07) is 13.6. The molecule has 0 unspecified atom stereocenters. The van der Waals surface area contributed by atoms with Crippen LogP contribution in [-0.4, -0.2) is 46.6 Å². The van der Waals surface area contributed by atoms with E-state index in [-0.39, 0.29) is 0 Å². The summed E-state index contributed by atoms with van der Waals surface area (Å²) >= 11 is 0. The monoisotopic (exact) mass is 431 g/mol. The van der Waals surface area contributed by atoms with Crippen LogP contribution in [0.4, 0.5) is 5.69 Å². The summed E-state index contributed by atoms with van der Waals surface area (Å²) in [5.74, 6) is 0.544. The van der Waals surface area contributed by atoms with Crippen LogP contribution in [0.2, 0.25) is 0 Å².